The van der Waals surface area contributed by atoms with Gasteiger partial charge in [-0.2, -0.15) is 0 Å². The zero-order chi connectivity index (χ0) is 29.1. The summed E-state index contributed by atoms with van der Waals surface area (Å²) in [5.74, 6) is -0.672. The summed E-state index contributed by atoms with van der Waals surface area (Å²) in [5, 5.41) is 2.96. The summed E-state index contributed by atoms with van der Waals surface area (Å²) >= 11 is 12.3. The van der Waals surface area contributed by atoms with Crippen LogP contribution in [0.25, 0.3) is 0 Å². The van der Waals surface area contributed by atoms with Crippen molar-refractivity contribution in [1.82, 2.24) is 0 Å². The molecule has 0 radical (unpaired) electrons. The second-order valence-electron chi connectivity index (χ2n) is 8.92. The SMILES string of the molecule is Cc1ccc(NS(=O)(=O)c2ccc(NC(=O)CN(c3ccc(Cl)cc3Cl)S(=O)(=O)c3ccccc3)cc2)c(C)c1. The summed E-state index contributed by atoms with van der Waals surface area (Å²) in [6, 6.07) is 22.8. The number of carbonyl (C=O) groups is 1. The Balaban J connectivity index is 1.55. The summed E-state index contributed by atoms with van der Waals surface area (Å²) in [7, 11) is -8.06. The molecule has 0 fully saturated rings. The van der Waals surface area contributed by atoms with Crippen LogP contribution in [0.3, 0.4) is 0 Å². The Labute approximate surface area is 243 Å². The normalized spacial score (nSPS) is 11.6. The van der Waals surface area contributed by atoms with Gasteiger partial charge >= 0.3 is 0 Å². The zero-order valence-electron chi connectivity index (χ0n) is 21.4. The molecule has 0 bridgehead atoms. The van der Waals surface area contributed by atoms with Crippen LogP contribution in [-0.4, -0.2) is 29.3 Å². The van der Waals surface area contributed by atoms with Gasteiger partial charge in [0.2, 0.25) is 5.91 Å². The van der Waals surface area contributed by atoms with E-state index in [0.717, 1.165) is 15.4 Å². The molecule has 208 valence electrons. The lowest BCUT2D eigenvalue weighted by atomic mass is 10.1. The largest absolute Gasteiger partial charge is 0.325 e. The van der Waals surface area contributed by atoms with Crippen LogP contribution in [0.1, 0.15) is 11.1 Å². The van der Waals surface area contributed by atoms with Gasteiger partial charge in [-0.15, -0.1) is 0 Å². The minimum atomic E-state index is -4.18. The van der Waals surface area contributed by atoms with E-state index in [1.54, 1.807) is 24.3 Å². The number of halogens is 2. The molecule has 1 amide bonds. The van der Waals surface area contributed by atoms with Crippen LogP contribution < -0.4 is 14.3 Å². The van der Waals surface area contributed by atoms with E-state index in [-0.39, 0.29) is 26.2 Å². The number of anilines is 3. The van der Waals surface area contributed by atoms with Gasteiger partial charge < -0.3 is 5.32 Å². The number of carbonyl (C=O) groups excluding carboxylic acids is 1. The van der Waals surface area contributed by atoms with E-state index < -0.39 is 32.5 Å². The van der Waals surface area contributed by atoms with Gasteiger partial charge in [0.15, 0.2) is 0 Å². The lowest BCUT2D eigenvalue weighted by Gasteiger charge is -2.25. The van der Waals surface area contributed by atoms with E-state index in [9.17, 15) is 21.6 Å². The molecule has 0 aromatic heterocycles. The molecule has 0 aliphatic carbocycles. The van der Waals surface area contributed by atoms with E-state index in [4.69, 9.17) is 23.2 Å². The highest BCUT2D eigenvalue weighted by molar-refractivity contribution is 7.93. The second kappa shape index (κ2) is 11.9. The monoisotopic (exact) mass is 617 g/mol. The van der Waals surface area contributed by atoms with Crippen molar-refractivity contribution in [1.29, 1.82) is 0 Å². The van der Waals surface area contributed by atoms with Gasteiger partial charge in [0.05, 0.1) is 26.2 Å². The highest BCUT2D eigenvalue weighted by Gasteiger charge is 2.29. The Morgan fingerprint density at radius 2 is 1.48 bits per heavy atom. The van der Waals surface area contributed by atoms with Gasteiger partial charge in [0, 0.05) is 10.7 Å². The van der Waals surface area contributed by atoms with Crippen molar-refractivity contribution < 1.29 is 21.6 Å². The number of nitrogens with one attached hydrogen (secondary N) is 2. The minimum absolute atomic E-state index is 0.00768. The van der Waals surface area contributed by atoms with E-state index in [0.29, 0.717) is 10.7 Å². The first-order chi connectivity index (χ1) is 18.9. The molecule has 12 heteroatoms. The maximum absolute atomic E-state index is 13.5. The molecule has 4 aromatic rings. The number of amides is 1. The average molecular weight is 619 g/mol. The molecule has 0 unspecified atom stereocenters. The van der Waals surface area contributed by atoms with Gasteiger partial charge in [-0.1, -0.05) is 59.1 Å². The number of benzene rings is 4. The van der Waals surface area contributed by atoms with Crippen molar-refractivity contribution in [2.45, 2.75) is 23.6 Å². The zero-order valence-corrected chi connectivity index (χ0v) is 24.6. The number of hydrogen-bond donors (Lipinski definition) is 2. The number of rotatable bonds is 9. The van der Waals surface area contributed by atoms with E-state index in [1.165, 1.54) is 54.6 Å². The highest BCUT2D eigenvalue weighted by Crippen LogP contribution is 2.32. The fourth-order valence-electron chi connectivity index (χ4n) is 3.88. The summed E-state index contributed by atoms with van der Waals surface area (Å²) in [6.45, 7) is 3.12. The Morgan fingerprint density at radius 3 is 2.10 bits per heavy atom. The van der Waals surface area contributed by atoms with Crippen molar-refractivity contribution in [2.24, 2.45) is 0 Å². The summed E-state index contributed by atoms with van der Waals surface area (Å²) in [5.41, 5.74) is 2.60. The van der Waals surface area contributed by atoms with Gasteiger partial charge in [0.25, 0.3) is 20.0 Å². The van der Waals surface area contributed by atoms with Gasteiger partial charge in [-0.05, 0) is 80.1 Å². The first kappa shape index (κ1) is 29.4. The van der Waals surface area contributed by atoms with Gasteiger partial charge in [-0.25, -0.2) is 16.8 Å². The molecule has 4 rings (SSSR count). The molecule has 0 heterocycles. The number of sulfonamides is 2. The first-order valence-electron chi connectivity index (χ1n) is 11.9. The Kier molecular flexibility index (Phi) is 8.74. The predicted molar refractivity (Wildman–Crippen MR) is 159 cm³/mol. The number of aryl methyl sites for hydroxylation is 2. The fourth-order valence-corrected chi connectivity index (χ4v) is 7.04. The Hall–Kier alpha value is -3.57. The molecule has 0 saturated heterocycles. The fraction of sp³-hybridized carbons (Fsp3) is 0.107. The maximum Gasteiger partial charge on any atom is 0.264 e. The van der Waals surface area contributed by atoms with Gasteiger partial charge in [0.1, 0.15) is 6.54 Å². The van der Waals surface area contributed by atoms with Crippen LogP contribution in [0.2, 0.25) is 10.0 Å². The molecule has 0 atom stereocenters. The van der Waals surface area contributed by atoms with Crippen molar-refractivity contribution in [3.8, 4) is 0 Å². The molecule has 40 heavy (non-hydrogen) atoms. The Bertz CT molecular complexity index is 1760. The van der Waals surface area contributed by atoms with Crippen molar-refractivity contribution in [3.05, 3.63) is 112 Å². The molecular weight excluding hydrogens is 593 g/mol. The molecule has 4 aromatic carbocycles. The quantitative estimate of drug-likeness (QED) is 0.231. The third-order valence-electron chi connectivity index (χ3n) is 5.87. The first-order valence-corrected chi connectivity index (χ1v) is 15.6. The van der Waals surface area contributed by atoms with Crippen LogP contribution in [0.15, 0.2) is 101 Å². The van der Waals surface area contributed by atoms with Crippen LogP contribution in [0, 0.1) is 13.8 Å². The van der Waals surface area contributed by atoms with Crippen LogP contribution in [0.4, 0.5) is 17.1 Å². The predicted octanol–water partition coefficient (Wildman–Crippen LogP) is 6.25. The molecule has 0 saturated carbocycles. The highest BCUT2D eigenvalue weighted by atomic mass is 35.5. The summed E-state index contributed by atoms with van der Waals surface area (Å²) in [6.07, 6.45) is 0. The minimum Gasteiger partial charge on any atom is -0.325 e. The molecule has 8 nitrogen and oxygen atoms in total. The summed E-state index contributed by atoms with van der Waals surface area (Å²) < 4.78 is 56.2. The van der Waals surface area contributed by atoms with Crippen LogP contribution in [0.5, 0.6) is 0 Å². The number of hydrogen-bond acceptors (Lipinski definition) is 5. The molecule has 0 spiro atoms. The maximum atomic E-state index is 13.5. The Morgan fingerprint density at radius 1 is 0.800 bits per heavy atom. The smallest absolute Gasteiger partial charge is 0.264 e. The van der Waals surface area contributed by atoms with Crippen LogP contribution >= 0.6 is 23.2 Å². The second-order valence-corrected chi connectivity index (χ2v) is 13.3. The molecular formula is C28H25Cl2N3O5S2. The lowest BCUT2D eigenvalue weighted by molar-refractivity contribution is -0.114. The summed E-state index contributed by atoms with van der Waals surface area (Å²) in [4.78, 5) is 13.0. The topological polar surface area (TPSA) is 113 Å². The van der Waals surface area contributed by atoms with E-state index in [1.807, 2.05) is 26.0 Å². The lowest BCUT2D eigenvalue weighted by Crippen LogP contribution is -2.38. The van der Waals surface area contributed by atoms with E-state index >= 15 is 0 Å². The van der Waals surface area contributed by atoms with E-state index in [2.05, 4.69) is 10.0 Å². The molecule has 0 aliphatic rings. The average Bonchev–Trinajstić information content (AvgIpc) is 2.90. The van der Waals surface area contributed by atoms with Crippen molar-refractivity contribution in [2.75, 3.05) is 20.9 Å². The molecule has 0 aliphatic heterocycles. The van der Waals surface area contributed by atoms with Crippen LogP contribution in [-0.2, 0) is 24.8 Å². The molecule has 2 N–H and O–H groups in total. The van der Waals surface area contributed by atoms with Crippen molar-refractivity contribution >= 4 is 66.2 Å². The third kappa shape index (κ3) is 6.76. The number of nitrogens with zero attached hydrogens (tertiary/aromatic N) is 1. The van der Waals surface area contributed by atoms with Crippen molar-refractivity contribution in [3.63, 3.8) is 0 Å². The standard InChI is InChI=1S/C28H25Cl2N3O5S2/c1-19-8-14-26(20(2)16-19)32-39(35,36)23-12-10-22(11-13-23)31-28(34)18-33(27-15-9-21(29)17-25(27)30)40(37,38)24-6-4-3-5-7-24/h3-17,32H,18H2,1-2H3,(H,31,34). The third-order valence-corrected chi connectivity index (χ3v) is 9.56. The van der Waals surface area contributed by atoms with Gasteiger partial charge in [-0.3, -0.25) is 13.8 Å².